The number of ether oxygens (including phenoxy) is 2. The number of amides is 2. The maximum Gasteiger partial charge on any atom is 0.410 e. The summed E-state index contributed by atoms with van der Waals surface area (Å²) < 4.78 is 82.6. The largest absolute Gasteiger partial charge is 0.444 e. The van der Waals surface area contributed by atoms with Crippen molar-refractivity contribution in [2.45, 2.75) is 75.7 Å². The Labute approximate surface area is 317 Å². The highest BCUT2D eigenvalue weighted by atomic mass is 35.5. The highest BCUT2D eigenvalue weighted by Crippen LogP contribution is 2.37. The number of hydrogen-bond acceptors (Lipinski definition) is 7. The number of piperidine rings is 1. The minimum Gasteiger partial charge on any atom is -0.444 e. The first-order valence-electron chi connectivity index (χ1n) is 17.3. The molecule has 0 saturated carbocycles. The van der Waals surface area contributed by atoms with Crippen LogP contribution in [-0.2, 0) is 30.7 Å². The lowest BCUT2D eigenvalue weighted by atomic mass is 9.84. The molecule has 2 heterocycles. The number of morpholine rings is 1. The lowest BCUT2D eigenvalue weighted by Crippen LogP contribution is -2.61. The molecule has 1 spiro atoms. The van der Waals surface area contributed by atoms with Crippen molar-refractivity contribution in [3.63, 3.8) is 0 Å². The van der Waals surface area contributed by atoms with E-state index in [9.17, 15) is 32.3 Å². The molecule has 1 N–H and O–H groups in total. The van der Waals surface area contributed by atoms with Crippen LogP contribution in [0.4, 0.5) is 23.7 Å². The van der Waals surface area contributed by atoms with E-state index in [1.165, 1.54) is 39.5 Å². The molecular weight excluding hydrogens is 749 g/mol. The number of nitrogens with zero attached hydrogens (tertiary/aromatic N) is 5. The average molecular weight is 791 g/mol. The minimum absolute atomic E-state index is 0.0159. The van der Waals surface area contributed by atoms with Crippen LogP contribution in [0.2, 0.25) is 5.02 Å². The fourth-order valence-electron chi connectivity index (χ4n) is 6.95. The highest BCUT2D eigenvalue weighted by Gasteiger charge is 2.46. The Morgan fingerprint density at radius 3 is 2.31 bits per heavy atom. The highest BCUT2D eigenvalue weighted by molar-refractivity contribution is 7.88. The van der Waals surface area contributed by atoms with Crippen molar-refractivity contribution in [1.29, 1.82) is 0 Å². The van der Waals surface area contributed by atoms with Gasteiger partial charge in [-0.25, -0.2) is 30.7 Å². The first-order chi connectivity index (χ1) is 25.4. The third kappa shape index (κ3) is 10.2. The summed E-state index contributed by atoms with van der Waals surface area (Å²) in [5, 5.41) is 6.76. The minimum atomic E-state index is -3.44. The third-order valence-electron chi connectivity index (χ3n) is 9.40. The number of sulfonamides is 1. The summed E-state index contributed by atoms with van der Waals surface area (Å²) in [5.41, 5.74) is 8.43. The standard InChI is InChI=1S/C37H42ClF3N6O6S/c1-36(2,3)53-35(49)46-21-28(52-37(22-46)14-16-47(17-15-37)54(4,50)51)12-13-29-30(41)6-5-7-31(29)43-34(48)33(44-45-42)32(23-8-10-25(38)11-9-23)24-18-26(39)20-27(40)19-24/h5-11,18-20,28,32-33H,12-17,21-22H2,1-4H3,(H,43,48)/t28-,32+,33+/m1/s1. The van der Waals surface area contributed by atoms with E-state index in [4.69, 9.17) is 21.1 Å². The second-order valence-corrected chi connectivity index (χ2v) is 17.0. The van der Waals surface area contributed by atoms with Gasteiger partial charge in [-0.05, 0) is 99.5 Å². The number of carbonyl (C=O) groups is 2. The van der Waals surface area contributed by atoms with Gasteiger partial charge in [0.15, 0.2) is 0 Å². The van der Waals surface area contributed by atoms with Crippen molar-refractivity contribution in [2.24, 2.45) is 5.11 Å². The van der Waals surface area contributed by atoms with Gasteiger partial charge in [0.25, 0.3) is 0 Å². The predicted octanol–water partition coefficient (Wildman–Crippen LogP) is 7.57. The summed E-state index contributed by atoms with van der Waals surface area (Å²) in [6, 6.07) is 11.4. The Morgan fingerprint density at radius 2 is 1.72 bits per heavy atom. The number of benzene rings is 3. The van der Waals surface area contributed by atoms with Crippen LogP contribution in [0.15, 0.2) is 65.8 Å². The zero-order valence-electron chi connectivity index (χ0n) is 30.3. The van der Waals surface area contributed by atoms with Gasteiger partial charge in [0.2, 0.25) is 15.9 Å². The Bertz CT molecular complexity index is 2000. The first kappa shape index (κ1) is 40.8. The summed E-state index contributed by atoms with van der Waals surface area (Å²) in [5.74, 6) is -4.50. The first-order valence-corrected chi connectivity index (χ1v) is 19.5. The Hall–Kier alpha value is -4.34. The van der Waals surface area contributed by atoms with Crippen LogP contribution in [0, 0.1) is 17.5 Å². The predicted molar refractivity (Wildman–Crippen MR) is 197 cm³/mol. The number of carbonyl (C=O) groups excluding carboxylic acids is 2. The molecule has 17 heteroatoms. The van der Waals surface area contributed by atoms with E-state index in [-0.39, 0.29) is 55.8 Å². The Kier molecular flexibility index (Phi) is 12.5. The van der Waals surface area contributed by atoms with Crippen LogP contribution in [0.3, 0.4) is 0 Å². The van der Waals surface area contributed by atoms with Gasteiger partial charge in [0.1, 0.15) is 29.1 Å². The molecule has 54 heavy (non-hydrogen) atoms. The van der Waals surface area contributed by atoms with Crippen molar-refractivity contribution in [1.82, 2.24) is 9.21 Å². The van der Waals surface area contributed by atoms with E-state index in [1.54, 1.807) is 32.9 Å². The van der Waals surface area contributed by atoms with Gasteiger partial charge in [-0.1, -0.05) is 34.9 Å². The second-order valence-electron chi connectivity index (χ2n) is 14.6. The van der Waals surface area contributed by atoms with Gasteiger partial charge < -0.3 is 19.7 Å². The Morgan fingerprint density at radius 1 is 1.07 bits per heavy atom. The lowest BCUT2D eigenvalue weighted by molar-refractivity contribution is -0.169. The summed E-state index contributed by atoms with van der Waals surface area (Å²) >= 11 is 6.08. The molecule has 5 rings (SSSR count). The van der Waals surface area contributed by atoms with E-state index in [0.717, 1.165) is 18.4 Å². The van der Waals surface area contributed by atoms with Crippen LogP contribution in [0.1, 0.15) is 62.6 Å². The topological polar surface area (TPSA) is 154 Å². The van der Waals surface area contributed by atoms with Crippen molar-refractivity contribution in [3.05, 3.63) is 110 Å². The van der Waals surface area contributed by atoms with Gasteiger partial charge in [0, 0.05) is 46.3 Å². The molecule has 2 saturated heterocycles. The maximum atomic E-state index is 15.6. The van der Waals surface area contributed by atoms with Crippen LogP contribution < -0.4 is 5.32 Å². The fourth-order valence-corrected chi connectivity index (χ4v) is 7.93. The summed E-state index contributed by atoms with van der Waals surface area (Å²) in [6.07, 6.45) is 0.827. The SMILES string of the molecule is CC(C)(C)OC(=O)N1C[C@@H](CCc2c(F)cccc2NC(=O)[C@@H](N=[N+]=[N-])[C@@H](c2ccc(Cl)cc2)c2cc(F)cc(F)c2)OC2(CCN(S(C)(=O)=O)CC2)C1. The molecule has 3 aromatic carbocycles. The van der Waals surface area contributed by atoms with Gasteiger partial charge in [-0.2, -0.15) is 0 Å². The summed E-state index contributed by atoms with van der Waals surface area (Å²) in [7, 11) is -3.44. The molecule has 2 fully saturated rings. The van der Waals surface area contributed by atoms with Crippen LogP contribution in [-0.4, -0.2) is 85.4 Å². The molecular formula is C37H42ClF3N6O6S. The normalized spacial score (nSPS) is 18.7. The molecule has 2 aliphatic heterocycles. The van der Waals surface area contributed by atoms with Crippen LogP contribution in [0.25, 0.3) is 10.4 Å². The number of halogens is 4. The molecule has 0 radical (unpaired) electrons. The van der Waals surface area contributed by atoms with Crippen LogP contribution >= 0.6 is 11.6 Å². The van der Waals surface area contributed by atoms with E-state index >= 15 is 4.39 Å². The van der Waals surface area contributed by atoms with Crippen molar-refractivity contribution >= 4 is 39.3 Å². The van der Waals surface area contributed by atoms with Gasteiger partial charge in [-0.3, -0.25) is 4.79 Å². The van der Waals surface area contributed by atoms with E-state index in [1.807, 2.05) is 0 Å². The molecule has 0 aliphatic carbocycles. The summed E-state index contributed by atoms with van der Waals surface area (Å²) in [4.78, 5) is 31.7. The van der Waals surface area contributed by atoms with E-state index in [0.29, 0.717) is 29.5 Å². The quantitative estimate of drug-likeness (QED) is 0.127. The molecule has 3 atom stereocenters. The smallest absolute Gasteiger partial charge is 0.410 e. The number of azide groups is 1. The Balaban J connectivity index is 1.41. The molecule has 0 unspecified atom stereocenters. The van der Waals surface area contributed by atoms with Gasteiger partial charge in [-0.15, -0.1) is 0 Å². The molecule has 2 amide bonds. The average Bonchev–Trinajstić information content (AvgIpc) is 3.07. The van der Waals surface area contributed by atoms with Crippen molar-refractivity contribution < 1.29 is 40.7 Å². The molecule has 12 nitrogen and oxygen atoms in total. The lowest BCUT2D eigenvalue weighted by Gasteiger charge is -2.49. The zero-order valence-corrected chi connectivity index (χ0v) is 31.8. The van der Waals surface area contributed by atoms with Gasteiger partial charge in [0.05, 0.1) is 31.1 Å². The van der Waals surface area contributed by atoms with E-state index < -0.39 is 68.7 Å². The number of hydrogen-bond donors (Lipinski definition) is 1. The number of anilines is 1. The van der Waals surface area contributed by atoms with E-state index in [2.05, 4.69) is 15.3 Å². The second kappa shape index (κ2) is 16.6. The maximum absolute atomic E-state index is 15.6. The fraction of sp³-hybridized carbons (Fsp3) is 0.459. The zero-order chi connectivity index (χ0) is 39.4. The van der Waals surface area contributed by atoms with Crippen LogP contribution in [0.5, 0.6) is 0 Å². The molecule has 290 valence electrons. The molecule has 3 aromatic rings. The monoisotopic (exact) mass is 790 g/mol. The number of rotatable bonds is 10. The van der Waals surface area contributed by atoms with Crippen molar-refractivity contribution in [2.75, 3.05) is 37.8 Å². The molecule has 0 bridgehead atoms. The third-order valence-corrected chi connectivity index (χ3v) is 11.0. The molecule has 2 aliphatic rings. The number of nitrogens with one attached hydrogen (secondary N) is 1. The summed E-state index contributed by atoms with van der Waals surface area (Å²) in [6.45, 7) is 5.94. The van der Waals surface area contributed by atoms with Crippen molar-refractivity contribution in [3.8, 4) is 0 Å². The molecule has 0 aromatic heterocycles. The van der Waals surface area contributed by atoms with Gasteiger partial charge >= 0.3 is 6.09 Å².